The molecule has 0 spiro atoms. The van der Waals surface area contributed by atoms with Crippen LogP contribution in [0.15, 0.2) is 67.0 Å². The number of aromatic nitrogens is 2. The number of carbonyl (C=O) groups is 1. The number of para-hydroxylation sites is 1. The van der Waals surface area contributed by atoms with Crippen molar-refractivity contribution in [2.75, 3.05) is 26.3 Å². The van der Waals surface area contributed by atoms with Gasteiger partial charge in [-0.3, -0.25) is 9.78 Å². The molecule has 176 valence electrons. The molecule has 34 heavy (non-hydrogen) atoms. The van der Waals surface area contributed by atoms with Gasteiger partial charge in [-0.15, -0.1) is 0 Å². The number of carbonyl (C=O) groups excluding carboxylic acids is 1. The maximum absolute atomic E-state index is 14.1. The van der Waals surface area contributed by atoms with Gasteiger partial charge in [0.15, 0.2) is 0 Å². The number of piperidine rings is 1. The van der Waals surface area contributed by atoms with E-state index in [1.54, 1.807) is 12.4 Å². The number of rotatable bonds is 5. The summed E-state index contributed by atoms with van der Waals surface area (Å²) < 4.78 is 11.8. The van der Waals surface area contributed by atoms with Crippen LogP contribution >= 0.6 is 0 Å². The standard InChI is InChI=1S/C28H31N3O3/c1-21-7-5-9-23(19-21)28(12-17-33-18-13-28)27(32)31-16-6-8-22(20-31)25-26(30-15-14-29-25)34-24-10-3-2-4-11-24/h2-5,7,9-11,14-15,19,22H,6,8,12-13,16-18,20H2,1H3/t22-/m0/s1. The Balaban J connectivity index is 1.41. The number of nitrogens with zero attached hydrogens (tertiary/aromatic N) is 3. The lowest BCUT2D eigenvalue weighted by molar-refractivity contribution is -0.142. The van der Waals surface area contributed by atoms with Crippen LogP contribution in [0.3, 0.4) is 0 Å². The predicted molar refractivity (Wildman–Crippen MR) is 130 cm³/mol. The third kappa shape index (κ3) is 4.55. The molecule has 1 atom stereocenters. The summed E-state index contributed by atoms with van der Waals surface area (Å²) in [7, 11) is 0. The number of ether oxygens (including phenoxy) is 2. The van der Waals surface area contributed by atoms with Gasteiger partial charge in [0.05, 0.1) is 5.41 Å². The Bertz CT molecular complexity index is 1130. The van der Waals surface area contributed by atoms with Crippen LogP contribution in [0, 0.1) is 6.92 Å². The third-order valence-electron chi connectivity index (χ3n) is 7.07. The first-order chi connectivity index (χ1) is 16.7. The topological polar surface area (TPSA) is 64.6 Å². The molecule has 5 rings (SSSR count). The summed E-state index contributed by atoms with van der Waals surface area (Å²) in [5, 5.41) is 0. The zero-order valence-electron chi connectivity index (χ0n) is 19.7. The van der Waals surface area contributed by atoms with Gasteiger partial charge in [-0.1, -0.05) is 48.0 Å². The molecule has 2 aliphatic heterocycles. The number of hydrogen-bond acceptors (Lipinski definition) is 5. The van der Waals surface area contributed by atoms with E-state index in [2.05, 4.69) is 41.2 Å². The van der Waals surface area contributed by atoms with Gasteiger partial charge in [0.1, 0.15) is 11.4 Å². The van der Waals surface area contributed by atoms with Crippen molar-refractivity contribution < 1.29 is 14.3 Å². The fourth-order valence-electron chi connectivity index (χ4n) is 5.27. The molecule has 0 saturated carbocycles. The Labute approximate surface area is 201 Å². The van der Waals surface area contributed by atoms with Gasteiger partial charge in [0.2, 0.25) is 11.8 Å². The first kappa shape index (κ1) is 22.5. The van der Waals surface area contributed by atoms with E-state index < -0.39 is 5.41 Å². The summed E-state index contributed by atoms with van der Waals surface area (Å²) in [6.07, 6.45) is 6.67. The summed E-state index contributed by atoms with van der Waals surface area (Å²) >= 11 is 0. The van der Waals surface area contributed by atoms with Gasteiger partial charge < -0.3 is 14.4 Å². The Morgan fingerprint density at radius 3 is 2.65 bits per heavy atom. The average molecular weight is 458 g/mol. The first-order valence-corrected chi connectivity index (χ1v) is 12.1. The summed E-state index contributed by atoms with van der Waals surface area (Å²) in [5.74, 6) is 1.54. The average Bonchev–Trinajstić information content (AvgIpc) is 2.90. The van der Waals surface area contributed by atoms with Crippen molar-refractivity contribution in [3.63, 3.8) is 0 Å². The molecule has 1 amide bonds. The zero-order chi connectivity index (χ0) is 23.4. The van der Waals surface area contributed by atoms with Gasteiger partial charge in [-0.2, -0.15) is 0 Å². The molecule has 2 aliphatic rings. The Kier molecular flexibility index (Phi) is 6.59. The van der Waals surface area contributed by atoms with Crippen molar-refractivity contribution in [3.8, 4) is 11.6 Å². The Morgan fingerprint density at radius 2 is 1.85 bits per heavy atom. The fraction of sp³-hybridized carbons (Fsp3) is 0.393. The van der Waals surface area contributed by atoms with E-state index in [0.717, 1.165) is 36.4 Å². The highest BCUT2D eigenvalue weighted by Gasteiger charge is 2.45. The molecule has 2 fully saturated rings. The third-order valence-corrected chi connectivity index (χ3v) is 7.07. The van der Waals surface area contributed by atoms with Crippen molar-refractivity contribution in [2.45, 2.75) is 43.9 Å². The van der Waals surface area contributed by atoms with E-state index in [1.165, 1.54) is 5.56 Å². The van der Waals surface area contributed by atoms with E-state index in [4.69, 9.17) is 9.47 Å². The molecular formula is C28H31N3O3. The highest BCUT2D eigenvalue weighted by Crippen LogP contribution is 2.40. The van der Waals surface area contributed by atoms with Crippen LogP contribution in [0.1, 0.15) is 48.4 Å². The van der Waals surface area contributed by atoms with Gasteiger partial charge >= 0.3 is 0 Å². The molecule has 2 aromatic carbocycles. The molecule has 2 saturated heterocycles. The maximum atomic E-state index is 14.1. The van der Waals surface area contributed by atoms with Crippen LogP contribution in [0.25, 0.3) is 0 Å². The molecule has 6 nitrogen and oxygen atoms in total. The maximum Gasteiger partial charge on any atom is 0.241 e. The lowest BCUT2D eigenvalue weighted by Gasteiger charge is -2.43. The van der Waals surface area contributed by atoms with Crippen molar-refractivity contribution >= 4 is 5.91 Å². The summed E-state index contributed by atoms with van der Waals surface area (Å²) in [6, 6.07) is 18.1. The van der Waals surface area contributed by atoms with Crippen molar-refractivity contribution in [3.05, 3.63) is 83.8 Å². The number of aryl methyl sites for hydroxylation is 1. The number of amides is 1. The molecule has 3 aromatic rings. The number of likely N-dealkylation sites (tertiary alicyclic amines) is 1. The minimum absolute atomic E-state index is 0.0829. The smallest absolute Gasteiger partial charge is 0.241 e. The second kappa shape index (κ2) is 9.94. The Morgan fingerprint density at radius 1 is 1.06 bits per heavy atom. The molecular weight excluding hydrogens is 426 g/mol. The summed E-state index contributed by atoms with van der Waals surface area (Å²) in [5.41, 5.74) is 2.57. The lowest BCUT2D eigenvalue weighted by Crippen LogP contribution is -2.52. The van der Waals surface area contributed by atoms with Crippen LogP contribution in [0.5, 0.6) is 11.6 Å². The largest absolute Gasteiger partial charge is 0.437 e. The highest BCUT2D eigenvalue weighted by atomic mass is 16.5. The molecule has 6 heteroatoms. The highest BCUT2D eigenvalue weighted by molar-refractivity contribution is 5.88. The molecule has 0 bridgehead atoms. The molecule has 3 heterocycles. The summed E-state index contributed by atoms with van der Waals surface area (Å²) in [4.78, 5) is 25.3. The molecule has 1 aromatic heterocycles. The van der Waals surface area contributed by atoms with Crippen LogP contribution in [-0.4, -0.2) is 47.1 Å². The first-order valence-electron chi connectivity index (χ1n) is 12.1. The predicted octanol–water partition coefficient (Wildman–Crippen LogP) is 5.03. The fourth-order valence-corrected chi connectivity index (χ4v) is 5.27. The monoisotopic (exact) mass is 457 g/mol. The van der Waals surface area contributed by atoms with Crippen LogP contribution in [-0.2, 0) is 14.9 Å². The van der Waals surface area contributed by atoms with Crippen molar-refractivity contribution in [1.29, 1.82) is 0 Å². The van der Waals surface area contributed by atoms with Gasteiger partial charge in [0.25, 0.3) is 0 Å². The summed E-state index contributed by atoms with van der Waals surface area (Å²) in [6.45, 7) is 4.68. The number of benzene rings is 2. The van der Waals surface area contributed by atoms with Crippen molar-refractivity contribution in [2.24, 2.45) is 0 Å². The molecule has 0 radical (unpaired) electrons. The molecule has 0 aliphatic carbocycles. The minimum atomic E-state index is -0.530. The lowest BCUT2D eigenvalue weighted by atomic mass is 9.72. The van der Waals surface area contributed by atoms with E-state index in [9.17, 15) is 4.79 Å². The quantitative estimate of drug-likeness (QED) is 0.538. The van der Waals surface area contributed by atoms with Crippen LogP contribution in [0.4, 0.5) is 0 Å². The SMILES string of the molecule is Cc1cccc(C2(C(=O)N3CCC[C@H](c4nccnc4Oc4ccccc4)C3)CCOCC2)c1. The minimum Gasteiger partial charge on any atom is -0.437 e. The van der Waals surface area contributed by atoms with E-state index in [1.807, 2.05) is 35.2 Å². The van der Waals surface area contributed by atoms with Gasteiger partial charge in [-0.25, -0.2) is 4.98 Å². The molecule has 0 N–H and O–H groups in total. The van der Waals surface area contributed by atoms with E-state index in [0.29, 0.717) is 38.5 Å². The zero-order valence-corrected chi connectivity index (χ0v) is 19.7. The van der Waals surface area contributed by atoms with E-state index in [-0.39, 0.29) is 11.8 Å². The normalized spacial score (nSPS) is 20.0. The molecule has 0 unspecified atom stereocenters. The van der Waals surface area contributed by atoms with Crippen LogP contribution in [0.2, 0.25) is 0 Å². The van der Waals surface area contributed by atoms with Crippen molar-refractivity contribution in [1.82, 2.24) is 14.9 Å². The van der Waals surface area contributed by atoms with Gasteiger partial charge in [-0.05, 0) is 50.3 Å². The van der Waals surface area contributed by atoms with Gasteiger partial charge in [0, 0.05) is 44.6 Å². The van der Waals surface area contributed by atoms with E-state index >= 15 is 0 Å². The number of hydrogen-bond donors (Lipinski definition) is 0. The second-order valence-electron chi connectivity index (χ2n) is 9.32. The Hall–Kier alpha value is -3.25. The second-order valence-corrected chi connectivity index (χ2v) is 9.32. The van der Waals surface area contributed by atoms with Crippen LogP contribution < -0.4 is 4.74 Å².